The van der Waals surface area contributed by atoms with E-state index in [0.717, 1.165) is 12.8 Å². The predicted molar refractivity (Wildman–Crippen MR) is 57.6 cm³/mol. The molecular formula is C10H16N2OS. The van der Waals surface area contributed by atoms with Crippen LogP contribution in [0, 0.1) is 0 Å². The summed E-state index contributed by atoms with van der Waals surface area (Å²) >= 11 is 1.23. The van der Waals surface area contributed by atoms with Crippen molar-refractivity contribution < 1.29 is 4.79 Å². The third kappa shape index (κ3) is 3.96. The zero-order valence-corrected chi connectivity index (χ0v) is 9.35. The number of hydrogen-bond donors (Lipinski definition) is 0. The number of aromatic nitrogens is 2. The summed E-state index contributed by atoms with van der Waals surface area (Å²) < 4.78 is 3.67. The van der Waals surface area contributed by atoms with Crippen LogP contribution in [-0.2, 0) is 0 Å². The molecule has 0 aliphatic carbocycles. The number of carbonyl (C=O) groups excluding carboxylic acids is 1. The quantitative estimate of drug-likeness (QED) is 0.515. The maximum Gasteiger partial charge on any atom is 0.183 e. The average molecular weight is 212 g/mol. The molecule has 0 aromatic carbocycles. The van der Waals surface area contributed by atoms with E-state index in [2.05, 4.69) is 16.5 Å². The summed E-state index contributed by atoms with van der Waals surface area (Å²) in [5.41, 5.74) is 0.533. The van der Waals surface area contributed by atoms with E-state index in [4.69, 9.17) is 0 Å². The zero-order chi connectivity index (χ0) is 10.2. The van der Waals surface area contributed by atoms with Crippen molar-refractivity contribution in [1.29, 1.82) is 0 Å². The smallest absolute Gasteiger partial charge is 0.183 e. The van der Waals surface area contributed by atoms with Gasteiger partial charge in [0.25, 0.3) is 0 Å². The van der Waals surface area contributed by atoms with Crippen molar-refractivity contribution in [2.45, 2.75) is 45.4 Å². The van der Waals surface area contributed by atoms with E-state index in [1.165, 1.54) is 30.8 Å². The van der Waals surface area contributed by atoms with Gasteiger partial charge in [0.15, 0.2) is 5.78 Å². The Balaban J connectivity index is 2.10. The standard InChI is InChI=1S/C10H16N2OS/c1-2-3-4-5-6-7-10(13)9-8-14-12-11-9/h8H,2-7H2,1H3. The third-order valence-corrected chi connectivity index (χ3v) is 2.66. The van der Waals surface area contributed by atoms with Gasteiger partial charge in [-0.05, 0) is 18.0 Å². The minimum absolute atomic E-state index is 0.134. The van der Waals surface area contributed by atoms with E-state index >= 15 is 0 Å². The van der Waals surface area contributed by atoms with E-state index in [-0.39, 0.29) is 5.78 Å². The number of carbonyl (C=O) groups is 1. The Morgan fingerprint density at radius 2 is 2.14 bits per heavy atom. The molecule has 1 rings (SSSR count). The number of Topliss-reactive ketones (excluding diaryl/α,β-unsaturated/α-hetero) is 1. The molecule has 0 atom stereocenters. The molecule has 0 amide bonds. The lowest BCUT2D eigenvalue weighted by Gasteiger charge is -1.97. The second-order valence-corrected chi connectivity index (χ2v) is 3.99. The second-order valence-electron chi connectivity index (χ2n) is 3.38. The van der Waals surface area contributed by atoms with Gasteiger partial charge in [0.1, 0.15) is 5.69 Å². The number of unbranched alkanes of at least 4 members (excludes halogenated alkanes) is 4. The van der Waals surface area contributed by atoms with Gasteiger partial charge < -0.3 is 0 Å². The monoisotopic (exact) mass is 212 g/mol. The van der Waals surface area contributed by atoms with Crippen LogP contribution in [0.4, 0.5) is 0 Å². The Morgan fingerprint density at radius 3 is 2.79 bits per heavy atom. The lowest BCUT2D eigenvalue weighted by molar-refractivity contribution is 0.0974. The van der Waals surface area contributed by atoms with Crippen LogP contribution in [0.3, 0.4) is 0 Å². The van der Waals surface area contributed by atoms with Crippen LogP contribution in [-0.4, -0.2) is 15.4 Å². The minimum atomic E-state index is 0.134. The van der Waals surface area contributed by atoms with Crippen LogP contribution in [0.5, 0.6) is 0 Å². The van der Waals surface area contributed by atoms with E-state index in [1.54, 1.807) is 5.38 Å². The molecule has 0 bridgehead atoms. The Bertz CT molecular complexity index is 259. The highest BCUT2D eigenvalue weighted by Gasteiger charge is 2.07. The predicted octanol–water partition coefficient (Wildman–Crippen LogP) is 3.08. The number of hydrogen-bond acceptors (Lipinski definition) is 4. The summed E-state index contributed by atoms with van der Waals surface area (Å²) in [6.07, 6.45) is 6.50. The van der Waals surface area contributed by atoms with Crippen LogP contribution in [0.15, 0.2) is 5.38 Å². The van der Waals surface area contributed by atoms with Gasteiger partial charge in [0.2, 0.25) is 0 Å². The first-order chi connectivity index (χ1) is 6.84. The highest BCUT2D eigenvalue weighted by atomic mass is 32.1. The second kappa shape index (κ2) is 6.65. The summed E-state index contributed by atoms with van der Waals surface area (Å²) in [5.74, 6) is 0.134. The molecule has 0 aliphatic heterocycles. The van der Waals surface area contributed by atoms with Gasteiger partial charge in [-0.25, -0.2) is 0 Å². The van der Waals surface area contributed by atoms with Gasteiger partial charge in [0, 0.05) is 11.8 Å². The van der Waals surface area contributed by atoms with Crippen molar-refractivity contribution in [3.05, 3.63) is 11.1 Å². The molecule has 0 fully saturated rings. The van der Waals surface area contributed by atoms with Crippen molar-refractivity contribution in [3.8, 4) is 0 Å². The van der Waals surface area contributed by atoms with Crippen LogP contribution in [0.1, 0.15) is 55.9 Å². The highest BCUT2D eigenvalue weighted by Crippen LogP contribution is 2.08. The summed E-state index contributed by atoms with van der Waals surface area (Å²) in [4.78, 5) is 11.4. The van der Waals surface area contributed by atoms with Crippen molar-refractivity contribution in [2.24, 2.45) is 0 Å². The molecule has 4 heteroatoms. The Morgan fingerprint density at radius 1 is 1.36 bits per heavy atom. The maximum absolute atomic E-state index is 11.4. The average Bonchev–Trinajstić information content (AvgIpc) is 2.70. The molecule has 1 aromatic rings. The van der Waals surface area contributed by atoms with E-state index in [9.17, 15) is 4.79 Å². The first-order valence-corrected chi connectivity index (χ1v) is 5.98. The largest absolute Gasteiger partial charge is 0.292 e. The van der Waals surface area contributed by atoms with Crippen molar-refractivity contribution in [2.75, 3.05) is 0 Å². The van der Waals surface area contributed by atoms with Crippen LogP contribution in [0.25, 0.3) is 0 Å². The van der Waals surface area contributed by atoms with E-state index in [0.29, 0.717) is 12.1 Å². The number of nitrogens with zero attached hydrogens (tertiary/aromatic N) is 2. The molecule has 78 valence electrons. The SMILES string of the molecule is CCCCCCCC(=O)c1csnn1. The fourth-order valence-corrected chi connectivity index (χ4v) is 1.76. The first-order valence-electron chi connectivity index (χ1n) is 5.15. The lowest BCUT2D eigenvalue weighted by Crippen LogP contribution is -1.99. The highest BCUT2D eigenvalue weighted by molar-refractivity contribution is 7.03. The topological polar surface area (TPSA) is 42.9 Å². The number of rotatable bonds is 7. The molecule has 0 radical (unpaired) electrons. The summed E-state index contributed by atoms with van der Waals surface area (Å²) in [6, 6.07) is 0. The van der Waals surface area contributed by atoms with E-state index in [1.807, 2.05) is 0 Å². The molecule has 1 aromatic heterocycles. The summed E-state index contributed by atoms with van der Waals surface area (Å²) in [6.45, 7) is 2.19. The van der Waals surface area contributed by atoms with Crippen LogP contribution in [0.2, 0.25) is 0 Å². The fraction of sp³-hybridized carbons (Fsp3) is 0.700. The zero-order valence-electron chi connectivity index (χ0n) is 8.53. The summed E-state index contributed by atoms with van der Waals surface area (Å²) in [5, 5.41) is 5.47. The maximum atomic E-state index is 11.4. The lowest BCUT2D eigenvalue weighted by atomic mass is 10.1. The minimum Gasteiger partial charge on any atom is -0.292 e. The van der Waals surface area contributed by atoms with Crippen molar-refractivity contribution in [1.82, 2.24) is 9.59 Å². The van der Waals surface area contributed by atoms with Gasteiger partial charge in [-0.1, -0.05) is 37.1 Å². The Labute approximate surface area is 88.7 Å². The molecule has 14 heavy (non-hydrogen) atoms. The molecule has 0 N–H and O–H groups in total. The van der Waals surface area contributed by atoms with Gasteiger partial charge in [-0.2, -0.15) is 0 Å². The van der Waals surface area contributed by atoms with Crippen molar-refractivity contribution >= 4 is 17.3 Å². The van der Waals surface area contributed by atoms with Crippen LogP contribution < -0.4 is 0 Å². The Kier molecular flexibility index (Phi) is 5.37. The van der Waals surface area contributed by atoms with Gasteiger partial charge in [-0.3, -0.25) is 4.79 Å². The van der Waals surface area contributed by atoms with Crippen LogP contribution >= 0.6 is 11.5 Å². The molecule has 0 saturated heterocycles. The molecule has 0 saturated carbocycles. The molecule has 0 spiro atoms. The molecule has 0 unspecified atom stereocenters. The first kappa shape index (κ1) is 11.3. The van der Waals surface area contributed by atoms with Gasteiger partial charge in [0.05, 0.1) is 0 Å². The number of ketones is 1. The van der Waals surface area contributed by atoms with E-state index < -0.39 is 0 Å². The molecular weight excluding hydrogens is 196 g/mol. The van der Waals surface area contributed by atoms with Gasteiger partial charge >= 0.3 is 0 Å². The summed E-state index contributed by atoms with van der Waals surface area (Å²) in [7, 11) is 0. The molecule has 1 heterocycles. The normalized spacial score (nSPS) is 10.4. The Hall–Kier alpha value is -0.770. The third-order valence-electron chi connectivity index (χ3n) is 2.15. The molecule has 3 nitrogen and oxygen atoms in total. The molecule has 0 aliphatic rings. The fourth-order valence-electron chi connectivity index (χ4n) is 1.30. The van der Waals surface area contributed by atoms with Gasteiger partial charge in [-0.15, -0.1) is 5.10 Å². The van der Waals surface area contributed by atoms with Crippen molar-refractivity contribution in [3.63, 3.8) is 0 Å².